The van der Waals surface area contributed by atoms with Gasteiger partial charge in [-0.25, -0.2) is 4.79 Å². The van der Waals surface area contributed by atoms with Crippen molar-refractivity contribution in [3.05, 3.63) is 59.7 Å². The van der Waals surface area contributed by atoms with E-state index in [0.717, 1.165) is 17.4 Å². The molecular formula is C22H26NO8S-. The van der Waals surface area contributed by atoms with E-state index < -0.39 is 28.3 Å². The van der Waals surface area contributed by atoms with Crippen molar-refractivity contribution in [1.82, 2.24) is 0 Å². The number of carbonyl (C=O) groups is 2. The van der Waals surface area contributed by atoms with Gasteiger partial charge in [0.25, 0.3) is 0 Å². The molecule has 0 fully saturated rings. The predicted octanol–water partition coefficient (Wildman–Crippen LogP) is 1.90. The number of carbonyl (C=O) groups excluding carboxylic acids is 2. The van der Waals surface area contributed by atoms with Gasteiger partial charge in [0, 0.05) is 18.7 Å². The van der Waals surface area contributed by atoms with Crippen LogP contribution in [0.2, 0.25) is 0 Å². The van der Waals surface area contributed by atoms with Crippen molar-refractivity contribution in [3.8, 4) is 5.75 Å². The molecule has 0 aromatic heterocycles. The van der Waals surface area contributed by atoms with E-state index in [-0.39, 0.29) is 25.4 Å². The standard InChI is InChI=1S/C22H27NO8S/c1-3-29-20(21(24)25)15-17-6-10-18(11-7-17)23-22(26)30-14-4-5-16-8-12-19(13-9-16)31-32(2,27)28/h6-13,20H,3-5,14-15H2,1-2H3,(H,23,26)(H,24,25)/p-1. The Labute approximate surface area is 187 Å². The Kier molecular flexibility index (Phi) is 9.48. The molecule has 1 atom stereocenters. The molecule has 0 radical (unpaired) electrons. The second-order valence-corrected chi connectivity index (χ2v) is 8.53. The van der Waals surface area contributed by atoms with E-state index in [1.165, 1.54) is 0 Å². The van der Waals surface area contributed by atoms with Crippen molar-refractivity contribution >= 4 is 27.9 Å². The highest BCUT2D eigenvalue weighted by Gasteiger charge is 2.11. The molecule has 1 N–H and O–H groups in total. The number of aliphatic carboxylic acids is 1. The summed E-state index contributed by atoms with van der Waals surface area (Å²) in [5, 5.41) is 13.7. The Morgan fingerprint density at radius 3 is 2.22 bits per heavy atom. The summed E-state index contributed by atoms with van der Waals surface area (Å²) in [5.74, 6) is -1.03. The molecule has 0 bridgehead atoms. The number of rotatable bonds is 12. The fourth-order valence-corrected chi connectivity index (χ4v) is 3.29. The lowest BCUT2D eigenvalue weighted by Gasteiger charge is -2.18. The zero-order valence-corrected chi connectivity index (χ0v) is 18.7. The van der Waals surface area contributed by atoms with Crippen LogP contribution in [0.15, 0.2) is 48.5 Å². The molecule has 0 saturated carbocycles. The summed E-state index contributed by atoms with van der Waals surface area (Å²) in [6, 6.07) is 13.3. The number of amides is 1. The predicted molar refractivity (Wildman–Crippen MR) is 116 cm³/mol. The van der Waals surface area contributed by atoms with E-state index in [4.69, 9.17) is 13.7 Å². The SMILES string of the molecule is CCOC(Cc1ccc(NC(=O)OCCCc2ccc(OS(C)(=O)=O)cc2)cc1)C(=O)[O-]. The van der Waals surface area contributed by atoms with Crippen LogP contribution >= 0.6 is 0 Å². The smallest absolute Gasteiger partial charge is 0.411 e. The number of ether oxygens (including phenoxy) is 2. The topological polar surface area (TPSA) is 131 Å². The van der Waals surface area contributed by atoms with E-state index in [1.54, 1.807) is 55.5 Å². The first kappa shape index (κ1) is 25.2. The van der Waals surface area contributed by atoms with Crippen LogP contribution in [-0.2, 0) is 37.2 Å². The zero-order chi connectivity index (χ0) is 23.6. The molecule has 0 aliphatic rings. The van der Waals surface area contributed by atoms with Crippen molar-refractivity contribution in [2.75, 3.05) is 24.8 Å². The molecule has 0 spiro atoms. The highest BCUT2D eigenvalue weighted by molar-refractivity contribution is 7.86. The summed E-state index contributed by atoms with van der Waals surface area (Å²) in [5.41, 5.74) is 2.20. The molecule has 9 nitrogen and oxygen atoms in total. The highest BCUT2D eigenvalue weighted by atomic mass is 32.2. The van der Waals surface area contributed by atoms with Crippen LogP contribution in [0, 0.1) is 0 Å². The van der Waals surface area contributed by atoms with Crippen LogP contribution in [0.25, 0.3) is 0 Å². The lowest BCUT2D eigenvalue weighted by molar-refractivity contribution is -0.316. The molecule has 0 aliphatic heterocycles. The fourth-order valence-electron chi connectivity index (χ4n) is 2.83. The minimum atomic E-state index is -3.56. The number of anilines is 1. The van der Waals surface area contributed by atoms with Crippen molar-refractivity contribution in [2.24, 2.45) is 0 Å². The lowest BCUT2D eigenvalue weighted by atomic mass is 10.1. The van der Waals surface area contributed by atoms with Gasteiger partial charge < -0.3 is 23.6 Å². The Balaban J connectivity index is 1.72. The Hall–Kier alpha value is -3.11. The lowest BCUT2D eigenvalue weighted by Crippen LogP contribution is -2.39. The van der Waals surface area contributed by atoms with Gasteiger partial charge in [0.1, 0.15) is 11.9 Å². The van der Waals surface area contributed by atoms with E-state index in [2.05, 4.69) is 5.32 Å². The van der Waals surface area contributed by atoms with Crippen LogP contribution in [0.5, 0.6) is 5.75 Å². The first-order valence-corrected chi connectivity index (χ1v) is 11.8. The van der Waals surface area contributed by atoms with Crippen LogP contribution < -0.4 is 14.6 Å². The molecule has 0 aliphatic carbocycles. The average Bonchev–Trinajstić information content (AvgIpc) is 2.72. The van der Waals surface area contributed by atoms with Crippen molar-refractivity contribution in [2.45, 2.75) is 32.3 Å². The maximum atomic E-state index is 11.9. The van der Waals surface area contributed by atoms with Crippen molar-refractivity contribution < 1.29 is 36.8 Å². The van der Waals surface area contributed by atoms with E-state index >= 15 is 0 Å². The number of benzene rings is 2. The minimum absolute atomic E-state index is 0.169. The van der Waals surface area contributed by atoms with E-state index in [0.29, 0.717) is 18.5 Å². The third-order valence-electron chi connectivity index (χ3n) is 4.27. The monoisotopic (exact) mass is 464 g/mol. The molecule has 2 aromatic carbocycles. The quantitative estimate of drug-likeness (QED) is 0.372. The molecular weight excluding hydrogens is 438 g/mol. The number of aryl methyl sites for hydroxylation is 1. The van der Waals surface area contributed by atoms with Gasteiger partial charge >= 0.3 is 16.2 Å². The molecule has 174 valence electrons. The Morgan fingerprint density at radius 2 is 1.66 bits per heavy atom. The molecule has 0 saturated heterocycles. The number of hydrogen-bond donors (Lipinski definition) is 1. The third-order valence-corrected chi connectivity index (χ3v) is 4.76. The van der Waals surface area contributed by atoms with Gasteiger partial charge in [-0.1, -0.05) is 24.3 Å². The summed E-state index contributed by atoms with van der Waals surface area (Å²) < 4.78 is 37.3. The molecule has 10 heteroatoms. The Bertz CT molecular complexity index is 988. The van der Waals surface area contributed by atoms with Gasteiger partial charge in [0.05, 0.1) is 18.8 Å². The molecule has 1 amide bonds. The van der Waals surface area contributed by atoms with Crippen LogP contribution in [0.4, 0.5) is 10.5 Å². The van der Waals surface area contributed by atoms with Crippen LogP contribution in [0.1, 0.15) is 24.5 Å². The molecule has 1 unspecified atom stereocenters. The summed E-state index contributed by atoms with van der Waals surface area (Å²) in [6.07, 6.45) is 0.750. The largest absolute Gasteiger partial charge is 0.547 e. The molecule has 32 heavy (non-hydrogen) atoms. The van der Waals surface area contributed by atoms with Gasteiger partial charge in [0.15, 0.2) is 0 Å². The second-order valence-electron chi connectivity index (χ2n) is 6.96. The van der Waals surface area contributed by atoms with Gasteiger partial charge in [-0.3, -0.25) is 5.32 Å². The number of hydrogen-bond acceptors (Lipinski definition) is 8. The number of carboxylic acids is 1. The van der Waals surface area contributed by atoms with Gasteiger partial charge in [-0.2, -0.15) is 8.42 Å². The molecule has 0 heterocycles. The van der Waals surface area contributed by atoms with Crippen molar-refractivity contribution in [3.63, 3.8) is 0 Å². The zero-order valence-electron chi connectivity index (χ0n) is 17.9. The summed E-state index contributed by atoms with van der Waals surface area (Å²) >= 11 is 0. The van der Waals surface area contributed by atoms with Gasteiger partial charge in [0.2, 0.25) is 0 Å². The average molecular weight is 465 g/mol. The normalized spacial score (nSPS) is 12.1. The third kappa shape index (κ3) is 9.36. The second kappa shape index (κ2) is 12.1. The highest BCUT2D eigenvalue weighted by Crippen LogP contribution is 2.15. The summed E-state index contributed by atoms with van der Waals surface area (Å²) in [6.45, 7) is 2.18. The van der Waals surface area contributed by atoms with Crippen molar-refractivity contribution in [1.29, 1.82) is 0 Å². The summed E-state index contributed by atoms with van der Waals surface area (Å²) in [4.78, 5) is 23.0. The first-order valence-electron chi connectivity index (χ1n) is 10.00. The van der Waals surface area contributed by atoms with Crippen LogP contribution in [0.3, 0.4) is 0 Å². The first-order chi connectivity index (χ1) is 15.2. The maximum Gasteiger partial charge on any atom is 0.411 e. The summed E-state index contributed by atoms with van der Waals surface area (Å²) in [7, 11) is -3.56. The van der Waals surface area contributed by atoms with E-state index in [9.17, 15) is 23.1 Å². The Morgan fingerprint density at radius 1 is 1.03 bits per heavy atom. The van der Waals surface area contributed by atoms with E-state index in [1.807, 2.05) is 0 Å². The molecule has 2 aromatic rings. The number of carboxylic acid groups (broad SMARTS) is 1. The fraction of sp³-hybridized carbons (Fsp3) is 0.364. The van der Waals surface area contributed by atoms with Crippen LogP contribution in [-0.4, -0.2) is 46.1 Å². The maximum absolute atomic E-state index is 11.9. The van der Waals surface area contributed by atoms with Gasteiger partial charge in [-0.05, 0) is 55.2 Å². The van der Waals surface area contributed by atoms with Gasteiger partial charge in [-0.15, -0.1) is 0 Å². The number of nitrogens with one attached hydrogen (secondary N) is 1. The molecule has 2 rings (SSSR count). The minimum Gasteiger partial charge on any atom is -0.547 e.